The van der Waals surface area contributed by atoms with E-state index in [1.165, 1.54) is 30.0 Å². The molecule has 0 fully saturated rings. The Morgan fingerprint density at radius 1 is 1.35 bits per heavy atom. The first-order valence-electron chi connectivity index (χ1n) is 6.91. The van der Waals surface area contributed by atoms with Crippen LogP contribution in [0.2, 0.25) is 0 Å². The minimum absolute atomic E-state index is 0.154. The predicted octanol–water partition coefficient (Wildman–Crippen LogP) is 3.50. The van der Waals surface area contributed by atoms with Gasteiger partial charge in [-0.2, -0.15) is 0 Å². The molecule has 118 valence electrons. The van der Waals surface area contributed by atoms with E-state index >= 15 is 0 Å². The zero-order valence-electron chi connectivity index (χ0n) is 12.6. The van der Waals surface area contributed by atoms with Gasteiger partial charge < -0.3 is 8.98 Å². The molecule has 1 aromatic carbocycles. The maximum absolute atomic E-state index is 13.2. The van der Waals surface area contributed by atoms with Gasteiger partial charge in [-0.3, -0.25) is 4.79 Å². The van der Waals surface area contributed by atoms with E-state index in [2.05, 4.69) is 10.2 Å². The first kappa shape index (κ1) is 15.5. The van der Waals surface area contributed by atoms with E-state index in [-0.39, 0.29) is 11.5 Å². The van der Waals surface area contributed by atoms with Gasteiger partial charge in [-0.25, -0.2) is 4.39 Å². The molecule has 0 saturated heterocycles. The third-order valence-corrected chi connectivity index (χ3v) is 4.43. The number of carbonyl (C=O) groups is 1. The van der Waals surface area contributed by atoms with Crippen molar-refractivity contribution in [1.82, 2.24) is 14.8 Å². The van der Waals surface area contributed by atoms with Crippen molar-refractivity contribution >= 4 is 17.5 Å². The van der Waals surface area contributed by atoms with E-state index in [4.69, 9.17) is 4.42 Å². The second-order valence-corrected chi connectivity index (χ2v) is 5.92. The summed E-state index contributed by atoms with van der Waals surface area (Å²) in [4.78, 5) is 12.1. The van der Waals surface area contributed by atoms with Crippen molar-refractivity contribution in [2.45, 2.75) is 12.1 Å². The smallest absolute Gasteiger partial charge is 0.191 e. The number of aryl methyl sites for hydroxylation is 1. The monoisotopic (exact) mass is 331 g/mol. The number of carbonyl (C=O) groups excluding carboxylic acids is 1. The molecule has 0 atom stereocenters. The molecular weight excluding hydrogens is 317 g/mol. The zero-order chi connectivity index (χ0) is 16.4. The lowest BCUT2D eigenvalue weighted by atomic mass is 10.1. The average molecular weight is 331 g/mol. The molecule has 0 unspecified atom stereocenters. The Morgan fingerprint density at radius 3 is 2.87 bits per heavy atom. The van der Waals surface area contributed by atoms with Crippen molar-refractivity contribution in [1.29, 1.82) is 0 Å². The van der Waals surface area contributed by atoms with Crippen LogP contribution in [0, 0.1) is 12.7 Å². The summed E-state index contributed by atoms with van der Waals surface area (Å²) in [6.45, 7) is 1.85. The van der Waals surface area contributed by atoms with E-state index in [0.717, 1.165) is 11.3 Å². The molecule has 0 bridgehead atoms. The molecule has 0 spiro atoms. The van der Waals surface area contributed by atoms with Gasteiger partial charge in [0.25, 0.3) is 0 Å². The Morgan fingerprint density at radius 2 is 2.17 bits per heavy atom. The Kier molecular flexibility index (Phi) is 4.29. The van der Waals surface area contributed by atoms with Crippen molar-refractivity contribution < 1.29 is 13.6 Å². The summed E-state index contributed by atoms with van der Waals surface area (Å²) in [5, 5.41) is 8.86. The number of nitrogens with zero attached hydrogens (tertiary/aromatic N) is 3. The van der Waals surface area contributed by atoms with Gasteiger partial charge in [-0.05, 0) is 25.1 Å². The van der Waals surface area contributed by atoms with Gasteiger partial charge in [0, 0.05) is 12.6 Å². The fraction of sp³-hybridized carbons (Fsp3) is 0.188. The summed E-state index contributed by atoms with van der Waals surface area (Å²) < 4.78 is 20.2. The van der Waals surface area contributed by atoms with Crippen LogP contribution in [-0.4, -0.2) is 26.3 Å². The van der Waals surface area contributed by atoms with Crippen molar-refractivity contribution in [2.75, 3.05) is 5.75 Å². The number of furan rings is 1. The lowest BCUT2D eigenvalue weighted by Crippen LogP contribution is -2.04. The van der Waals surface area contributed by atoms with Crippen molar-refractivity contribution in [3.05, 3.63) is 53.7 Å². The molecule has 3 aromatic rings. The molecule has 0 N–H and O–H groups in total. The predicted molar refractivity (Wildman–Crippen MR) is 84.9 cm³/mol. The summed E-state index contributed by atoms with van der Waals surface area (Å²) >= 11 is 1.27. The van der Waals surface area contributed by atoms with Gasteiger partial charge in [0.1, 0.15) is 11.6 Å². The minimum Gasteiger partial charge on any atom is -0.469 e. The Hall–Kier alpha value is -2.41. The molecule has 0 saturated carbocycles. The number of ketones is 1. The number of hydrogen-bond acceptors (Lipinski definition) is 5. The molecule has 2 aromatic heterocycles. The molecule has 0 radical (unpaired) electrons. The number of aromatic nitrogens is 3. The average Bonchev–Trinajstić information content (AvgIpc) is 3.10. The van der Waals surface area contributed by atoms with Crippen LogP contribution in [0.1, 0.15) is 16.1 Å². The topological polar surface area (TPSA) is 60.9 Å². The molecule has 0 aliphatic rings. The number of Topliss-reactive ketones (excluding diaryl/α,β-unsaturated/α-hetero) is 1. The molecule has 2 heterocycles. The highest BCUT2D eigenvalue weighted by Gasteiger charge is 2.16. The standard InChI is InChI=1S/C16H14FN3O2S/c1-10-13(6-7-22-10)15-18-19-16(20(15)2)23-9-14(21)11-4-3-5-12(17)8-11/h3-8H,9H2,1-2H3. The Bertz CT molecular complexity index is 857. The van der Waals surface area contributed by atoms with Gasteiger partial charge in [0.15, 0.2) is 16.8 Å². The number of halogens is 1. The van der Waals surface area contributed by atoms with E-state index in [9.17, 15) is 9.18 Å². The molecule has 7 heteroatoms. The van der Waals surface area contributed by atoms with Crippen molar-refractivity contribution in [3.63, 3.8) is 0 Å². The lowest BCUT2D eigenvalue weighted by molar-refractivity contribution is 0.102. The molecule has 23 heavy (non-hydrogen) atoms. The summed E-state index contributed by atoms with van der Waals surface area (Å²) in [5.41, 5.74) is 1.22. The fourth-order valence-corrected chi connectivity index (χ4v) is 2.97. The van der Waals surface area contributed by atoms with Crippen LogP contribution in [-0.2, 0) is 7.05 Å². The maximum atomic E-state index is 13.2. The van der Waals surface area contributed by atoms with Crippen LogP contribution in [0.15, 0.2) is 46.2 Å². The van der Waals surface area contributed by atoms with Crippen LogP contribution in [0.3, 0.4) is 0 Å². The highest BCUT2D eigenvalue weighted by molar-refractivity contribution is 7.99. The minimum atomic E-state index is -0.419. The SMILES string of the molecule is Cc1occc1-c1nnc(SCC(=O)c2cccc(F)c2)n1C. The first-order chi connectivity index (χ1) is 11.1. The van der Waals surface area contributed by atoms with Crippen molar-refractivity contribution in [2.24, 2.45) is 7.05 Å². The molecule has 5 nitrogen and oxygen atoms in total. The van der Waals surface area contributed by atoms with Crippen LogP contribution in [0.25, 0.3) is 11.4 Å². The highest BCUT2D eigenvalue weighted by atomic mass is 32.2. The summed E-state index contributed by atoms with van der Waals surface area (Å²) in [5.74, 6) is 1.03. The van der Waals surface area contributed by atoms with Crippen LogP contribution >= 0.6 is 11.8 Å². The third-order valence-electron chi connectivity index (χ3n) is 3.41. The van der Waals surface area contributed by atoms with Crippen molar-refractivity contribution in [3.8, 4) is 11.4 Å². The second-order valence-electron chi connectivity index (χ2n) is 4.98. The molecule has 0 amide bonds. The van der Waals surface area contributed by atoms with E-state index < -0.39 is 5.82 Å². The number of hydrogen-bond donors (Lipinski definition) is 0. The lowest BCUT2D eigenvalue weighted by Gasteiger charge is -2.03. The third kappa shape index (κ3) is 3.19. The second kappa shape index (κ2) is 6.37. The number of thioether (sulfide) groups is 1. The number of rotatable bonds is 5. The summed E-state index contributed by atoms with van der Waals surface area (Å²) in [7, 11) is 1.83. The molecule has 0 aliphatic carbocycles. The van der Waals surface area contributed by atoms with Gasteiger partial charge >= 0.3 is 0 Å². The van der Waals surface area contributed by atoms with Crippen LogP contribution in [0.4, 0.5) is 4.39 Å². The van der Waals surface area contributed by atoms with Gasteiger partial charge in [-0.1, -0.05) is 23.9 Å². The normalized spacial score (nSPS) is 10.9. The number of benzene rings is 1. The maximum Gasteiger partial charge on any atom is 0.191 e. The Labute approximate surface area is 136 Å². The largest absolute Gasteiger partial charge is 0.469 e. The Balaban J connectivity index is 1.73. The molecule has 3 rings (SSSR count). The van der Waals surface area contributed by atoms with Crippen LogP contribution < -0.4 is 0 Å². The van der Waals surface area contributed by atoms with E-state index in [0.29, 0.717) is 16.5 Å². The summed E-state index contributed by atoms with van der Waals surface area (Å²) in [6, 6.07) is 7.50. The quantitative estimate of drug-likeness (QED) is 0.529. The van der Waals surface area contributed by atoms with Gasteiger partial charge in [0.2, 0.25) is 0 Å². The zero-order valence-corrected chi connectivity index (χ0v) is 13.4. The molecular formula is C16H14FN3O2S. The molecule has 0 aliphatic heterocycles. The summed E-state index contributed by atoms with van der Waals surface area (Å²) in [6.07, 6.45) is 1.60. The van der Waals surface area contributed by atoms with E-state index in [1.807, 2.05) is 20.0 Å². The van der Waals surface area contributed by atoms with Gasteiger partial charge in [0.05, 0.1) is 17.6 Å². The van der Waals surface area contributed by atoms with Crippen LogP contribution in [0.5, 0.6) is 0 Å². The van der Waals surface area contributed by atoms with E-state index in [1.54, 1.807) is 16.9 Å². The first-order valence-corrected chi connectivity index (χ1v) is 7.90. The highest BCUT2D eigenvalue weighted by Crippen LogP contribution is 2.26. The fourth-order valence-electron chi connectivity index (χ4n) is 2.17. The van der Waals surface area contributed by atoms with Gasteiger partial charge in [-0.15, -0.1) is 10.2 Å².